The minimum Gasteiger partial charge on any atom is -0.264 e. The average molecular weight is 191 g/mol. The number of aromatic nitrogens is 3. The highest BCUT2D eigenvalue weighted by atomic mass is 32.1. The number of pyridine rings is 1. The standard InChI is InChI=1S/C9H9N3S/c1-7-11-12-9(13-7)5-8-3-2-4-10-6-8/h2-4,6H,5H2,1H3. The lowest BCUT2D eigenvalue weighted by molar-refractivity contribution is 0.978. The molecule has 0 aliphatic rings. The number of hydrogen-bond donors (Lipinski definition) is 0. The van der Waals surface area contributed by atoms with Crippen LogP contribution in [0.4, 0.5) is 0 Å². The molecule has 3 nitrogen and oxygen atoms in total. The third-order valence-electron chi connectivity index (χ3n) is 1.65. The van der Waals surface area contributed by atoms with E-state index in [1.54, 1.807) is 17.5 Å². The Hall–Kier alpha value is -1.29. The summed E-state index contributed by atoms with van der Waals surface area (Å²) in [6, 6.07) is 3.98. The molecule has 0 fully saturated rings. The van der Waals surface area contributed by atoms with Gasteiger partial charge in [-0.2, -0.15) is 0 Å². The van der Waals surface area contributed by atoms with Crippen molar-refractivity contribution in [1.29, 1.82) is 0 Å². The second-order valence-electron chi connectivity index (χ2n) is 2.75. The van der Waals surface area contributed by atoms with Crippen molar-refractivity contribution in [3.8, 4) is 0 Å². The minimum absolute atomic E-state index is 0.833. The first-order chi connectivity index (χ1) is 6.34. The molecule has 0 unspecified atom stereocenters. The van der Waals surface area contributed by atoms with Crippen molar-refractivity contribution < 1.29 is 0 Å². The van der Waals surface area contributed by atoms with Crippen LogP contribution in [0, 0.1) is 6.92 Å². The van der Waals surface area contributed by atoms with Gasteiger partial charge in [-0.15, -0.1) is 21.5 Å². The van der Waals surface area contributed by atoms with Crippen LogP contribution in [0.15, 0.2) is 24.5 Å². The topological polar surface area (TPSA) is 38.7 Å². The molecule has 0 radical (unpaired) electrons. The first-order valence-electron chi connectivity index (χ1n) is 4.02. The predicted molar refractivity (Wildman–Crippen MR) is 51.7 cm³/mol. The number of hydrogen-bond acceptors (Lipinski definition) is 4. The molecular formula is C9H9N3S. The molecule has 13 heavy (non-hydrogen) atoms. The zero-order chi connectivity index (χ0) is 9.10. The van der Waals surface area contributed by atoms with Crippen LogP contribution in [0.3, 0.4) is 0 Å². The highest BCUT2D eigenvalue weighted by molar-refractivity contribution is 7.11. The van der Waals surface area contributed by atoms with E-state index in [1.165, 1.54) is 5.56 Å². The molecule has 0 saturated heterocycles. The summed E-state index contributed by atoms with van der Waals surface area (Å²) in [5, 5.41) is 10.1. The molecule has 2 aromatic heterocycles. The fraction of sp³-hybridized carbons (Fsp3) is 0.222. The van der Waals surface area contributed by atoms with Crippen LogP contribution in [0.5, 0.6) is 0 Å². The van der Waals surface area contributed by atoms with E-state index in [9.17, 15) is 0 Å². The molecule has 0 atom stereocenters. The van der Waals surface area contributed by atoms with E-state index in [0.717, 1.165) is 16.4 Å². The molecule has 66 valence electrons. The van der Waals surface area contributed by atoms with E-state index >= 15 is 0 Å². The normalized spacial score (nSPS) is 10.2. The van der Waals surface area contributed by atoms with Gasteiger partial charge in [0, 0.05) is 18.8 Å². The van der Waals surface area contributed by atoms with Crippen LogP contribution in [0.2, 0.25) is 0 Å². The van der Waals surface area contributed by atoms with Crippen molar-refractivity contribution in [3.63, 3.8) is 0 Å². The summed E-state index contributed by atoms with van der Waals surface area (Å²) < 4.78 is 0. The van der Waals surface area contributed by atoms with Gasteiger partial charge in [0.15, 0.2) is 0 Å². The average Bonchev–Trinajstić information content (AvgIpc) is 2.53. The molecule has 0 aliphatic carbocycles. The second-order valence-corrected chi connectivity index (χ2v) is 4.02. The van der Waals surface area contributed by atoms with Crippen LogP contribution in [0.25, 0.3) is 0 Å². The van der Waals surface area contributed by atoms with Crippen molar-refractivity contribution in [2.24, 2.45) is 0 Å². The summed E-state index contributed by atoms with van der Waals surface area (Å²) in [6.45, 7) is 1.96. The fourth-order valence-electron chi connectivity index (χ4n) is 1.09. The molecule has 0 spiro atoms. The highest BCUT2D eigenvalue weighted by Crippen LogP contribution is 2.12. The minimum atomic E-state index is 0.833. The lowest BCUT2D eigenvalue weighted by Crippen LogP contribution is -1.87. The SMILES string of the molecule is Cc1nnc(Cc2cccnc2)s1. The van der Waals surface area contributed by atoms with E-state index in [0.29, 0.717) is 0 Å². The van der Waals surface area contributed by atoms with Gasteiger partial charge in [0.25, 0.3) is 0 Å². The van der Waals surface area contributed by atoms with Gasteiger partial charge in [-0.3, -0.25) is 4.98 Å². The molecule has 2 heterocycles. The Bertz CT molecular complexity index is 383. The lowest BCUT2D eigenvalue weighted by atomic mass is 10.2. The number of nitrogens with zero attached hydrogens (tertiary/aromatic N) is 3. The molecule has 2 rings (SSSR count). The Morgan fingerprint density at radius 3 is 2.92 bits per heavy atom. The van der Waals surface area contributed by atoms with Gasteiger partial charge in [0.05, 0.1) is 0 Å². The van der Waals surface area contributed by atoms with E-state index < -0.39 is 0 Å². The molecule has 0 aromatic carbocycles. The summed E-state index contributed by atoms with van der Waals surface area (Å²) in [6.07, 6.45) is 4.46. The molecule has 0 saturated carbocycles. The molecule has 0 bridgehead atoms. The summed E-state index contributed by atoms with van der Waals surface area (Å²) in [5.74, 6) is 0. The van der Waals surface area contributed by atoms with E-state index in [2.05, 4.69) is 15.2 Å². The van der Waals surface area contributed by atoms with Crippen molar-refractivity contribution in [2.45, 2.75) is 13.3 Å². The smallest absolute Gasteiger partial charge is 0.121 e. The third-order valence-corrected chi connectivity index (χ3v) is 2.48. The van der Waals surface area contributed by atoms with Gasteiger partial charge in [0.1, 0.15) is 10.0 Å². The van der Waals surface area contributed by atoms with Gasteiger partial charge in [0.2, 0.25) is 0 Å². The highest BCUT2D eigenvalue weighted by Gasteiger charge is 2.01. The largest absolute Gasteiger partial charge is 0.264 e. The first-order valence-corrected chi connectivity index (χ1v) is 4.84. The molecule has 4 heteroatoms. The van der Waals surface area contributed by atoms with Crippen LogP contribution >= 0.6 is 11.3 Å². The summed E-state index contributed by atoms with van der Waals surface area (Å²) >= 11 is 1.63. The van der Waals surface area contributed by atoms with Gasteiger partial charge < -0.3 is 0 Å². The maximum atomic E-state index is 4.05. The molecular weight excluding hydrogens is 182 g/mol. The zero-order valence-electron chi connectivity index (χ0n) is 7.27. The Kier molecular flexibility index (Phi) is 2.31. The van der Waals surface area contributed by atoms with Gasteiger partial charge in [-0.1, -0.05) is 6.07 Å². The van der Waals surface area contributed by atoms with Gasteiger partial charge >= 0.3 is 0 Å². The summed E-state index contributed by atoms with van der Waals surface area (Å²) in [4.78, 5) is 4.04. The second kappa shape index (κ2) is 3.62. The van der Waals surface area contributed by atoms with Gasteiger partial charge in [-0.05, 0) is 18.6 Å². The lowest BCUT2D eigenvalue weighted by Gasteiger charge is -1.93. The van der Waals surface area contributed by atoms with E-state index in [1.807, 2.05) is 25.3 Å². The van der Waals surface area contributed by atoms with Crippen molar-refractivity contribution in [3.05, 3.63) is 40.1 Å². The van der Waals surface area contributed by atoms with Crippen LogP contribution in [-0.2, 0) is 6.42 Å². The Morgan fingerprint density at radius 2 is 2.31 bits per heavy atom. The monoisotopic (exact) mass is 191 g/mol. The van der Waals surface area contributed by atoms with Crippen LogP contribution < -0.4 is 0 Å². The summed E-state index contributed by atoms with van der Waals surface area (Å²) in [7, 11) is 0. The number of aryl methyl sites for hydroxylation is 1. The summed E-state index contributed by atoms with van der Waals surface area (Å²) in [5.41, 5.74) is 1.18. The molecule has 0 N–H and O–H groups in total. The fourth-order valence-corrected chi connectivity index (χ4v) is 1.83. The van der Waals surface area contributed by atoms with Crippen LogP contribution in [-0.4, -0.2) is 15.2 Å². The Morgan fingerprint density at radius 1 is 1.38 bits per heavy atom. The van der Waals surface area contributed by atoms with E-state index in [4.69, 9.17) is 0 Å². The van der Waals surface area contributed by atoms with Crippen molar-refractivity contribution >= 4 is 11.3 Å². The maximum absolute atomic E-state index is 4.05. The third kappa shape index (κ3) is 2.09. The van der Waals surface area contributed by atoms with Gasteiger partial charge in [-0.25, -0.2) is 0 Å². The molecule has 0 aliphatic heterocycles. The van der Waals surface area contributed by atoms with Crippen molar-refractivity contribution in [1.82, 2.24) is 15.2 Å². The Balaban J connectivity index is 2.15. The maximum Gasteiger partial charge on any atom is 0.121 e. The zero-order valence-corrected chi connectivity index (χ0v) is 8.08. The quantitative estimate of drug-likeness (QED) is 0.727. The number of rotatable bonds is 2. The first kappa shape index (κ1) is 8.31. The van der Waals surface area contributed by atoms with E-state index in [-0.39, 0.29) is 0 Å². The van der Waals surface area contributed by atoms with Crippen LogP contribution in [0.1, 0.15) is 15.6 Å². The molecule has 2 aromatic rings. The molecule has 0 amide bonds. The Labute approximate surface area is 80.5 Å². The van der Waals surface area contributed by atoms with Crippen molar-refractivity contribution in [2.75, 3.05) is 0 Å². The predicted octanol–water partition coefficient (Wildman–Crippen LogP) is 1.83.